The molecular formula is C14H13BrN2O. The first-order chi connectivity index (χ1) is 8.56. The number of hydrogen-bond donors (Lipinski definition) is 1. The molecule has 0 spiro atoms. The lowest BCUT2D eigenvalue weighted by Gasteiger charge is -2.07. The zero-order valence-electron chi connectivity index (χ0n) is 10.2. The van der Waals surface area contributed by atoms with Crippen LogP contribution in [-0.4, -0.2) is 10.9 Å². The maximum absolute atomic E-state index is 12.1. The number of amides is 1. The molecule has 4 heteroatoms. The Morgan fingerprint density at radius 2 is 2.00 bits per heavy atom. The number of benzene rings is 1. The Hall–Kier alpha value is -1.68. The van der Waals surface area contributed by atoms with Gasteiger partial charge in [-0.05, 0) is 59.6 Å². The first-order valence-electron chi connectivity index (χ1n) is 5.57. The van der Waals surface area contributed by atoms with Crippen molar-refractivity contribution in [1.82, 2.24) is 4.98 Å². The Bertz CT molecular complexity index is 596. The average molecular weight is 305 g/mol. The highest BCUT2D eigenvalue weighted by Crippen LogP contribution is 2.19. The molecule has 1 aromatic carbocycles. The Morgan fingerprint density at radius 3 is 2.67 bits per heavy atom. The van der Waals surface area contributed by atoms with Crippen LogP contribution >= 0.6 is 15.9 Å². The van der Waals surface area contributed by atoms with Gasteiger partial charge in [0.05, 0.1) is 5.56 Å². The van der Waals surface area contributed by atoms with Crippen molar-refractivity contribution in [2.24, 2.45) is 0 Å². The molecule has 0 saturated heterocycles. The summed E-state index contributed by atoms with van der Waals surface area (Å²) >= 11 is 3.39. The summed E-state index contributed by atoms with van der Waals surface area (Å²) in [7, 11) is 0. The first-order valence-corrected chi connectivity index (χ1v) is 6.37. The second-order valence-electron chi connectivity index (χ2n) is 4.10. The quantitative estimate of drug-likeness (QED) is 0.919. The van der Waals surface area contributed by atoms with E-state index < -0.39 is 0 Å². The van der Waals surface area contributed by atoms with Crippen LogP contribution in [0.15, 0.2) is 40.9 Å². The zero-order valence-corrected chi connectivity index (χ0v) is 11.8. The van der Waals surface area contributed by atoms with Gasteiger partial charge in [-0.1, -0.05) is 12.1 Å². The molecule has 2 aromatic rings. The summed E-state index contributed by atoms with van der Waals surface area (Å²) in [6.45, 7) is 3.87. The van der Waals surface area contributed by atoms with Gasteiger partial charge in [0.2, 0.25) is 0 Å². The van der Waals surface area contributed by atoms with Gasteiger partial charge in [-0.3, -0.25) is 4.79 Å². The number of aryl methyl sites for hydroxylation is 2. The van der Waals surface area contributed by atoms with E-state index in [0.29, 0.717) is 11.4 Å². The van der Waals surface area contributed by atoms with E-state index >= 15 is 0 Å². The number of halogens is 1. The molecule has 1 aromatic heterocycles. The molecule has 0 aliphatic heterocycles. The minimum atomic E-state index is -0.167. The lowest BCUT2D eigenvalue weighted by atomic mass is 10.1. The smallest absolute Gasteiger partial charge is 0.257 e. The van der Waals surface area contributed by atoms with E-state index in [9.17, 15) is 4.79 Å². The molecule has 1 N–H and O–H groups in total. The second-order valence-corrected chi connectivity index (χ2v) is 4.96. The minimum Gasteiger partial charge on any atom is -0.307 e. The van der Waals surface area contributed by atoms with Gasteiger partial charge in [-0.25, -0.2) is 4.98 Å². The summed E-state index contributed by atoms with van der Waals surface area (Å²) in [4.78, 5) is 16.3. The molecule has 0 unspecified atom stereocenters. The number of anilines is 1. The second kappa shape index (κ2) is 5.31. The molecule has 92 valence electrons. The zero-order chi connectivity index (χ0) is 13.1. The van der Waals surface area contributed by atoms with Crippen molar-refractivity contribution in [3.05, 3.63) is 57.7 Å². The average Bonchev–Trinajstić information content (AvgIpc) is 2.28. The number of nitrogens with zero attached hydrogens (tertiary/aromatic N) is 1. The fourth-order valence-electron chi connectivity index (χ4n) is 1.60. The maximum atomic E-state index is 12.1. The standard InChI is InChI=1S/C14H13BrN2O/c1-9-6-7-11(12(15)8-9)14(18)17-13-5-3-4-10(2)16-13/h3-8H,1-2H3,(H,16,17,18). The third-order valence-corrected chi connectivity index (χ3v) is 3.16. The Balaban J connectivity index is 2.22. The van der Waals surface area contributed by atoms with Crippen LogP contribution in [0.5, 0.6) is 0 Å². The van der Waals surface area contributed by atoms with E-state index in [4.69, 9.17) is 0 Å². The van der Waals surface area contributed by atoms with Crippen molar-refractivity contribution in [1.29, 1.82) is 0 Å². The number of hydrogen-bond acceptors (Lipinski definition) is 2. The van der Waals surface area contributed by atoms with E-state index in [1.165, 1.54) is 0 Å². The molecule has 0 aliphatic rings. The molecule has 0 aliphatic carbocycles. The minimum absolute atomic E-state index is 0.167. The third kappa shape index (κ3) is 2.96. The van der Waals surface area contributed by atoms with Crippen LogP contribution < -0.4 is 5.32 Å². The number of pyridine rings is 1. The fraction of sp³-hybridized carbons (Fsp3) is 0.143. The summed E-state index contributed by atoms with van der Waals surface area (Å²) in [5.41, 5.74) is 2.58. The molecule has 0 bridgehead atoms. The van der Waals surface area contributed by atoms with E-state index in [1.807, 2.05) is 38.1 Å². The highest BCUT2D eigenvalue weighted by molar-refractivity contribution is 9.10. The van der Waals surface area contributed by atoms with Crippen LogP contribution in [0.4, 0.5) is 5.82 Å². The number of aromatic nitrogens is 1. The summed E-state index contributed by atoms with van der Waals surface area (Å²) in [6.07, 6.45) is 0. The predicted molar refractivity (Wildman–Crippen MR) is 75.8 cm³/mol. The lowest BCUT2D eigenvalue weighted by Crippen LogP contribution is -2.13. The normalized spacial score (nSPS) is 10.2. The number of rotatable bonds is 2. The molecule has 1 heterocycles. The highest BCUT2D eigenvalue weighted by atomic mass is 79.9. The summed E-state index contributed by atoms with van der Waals surface area (Å²) < 4.78 is 0.785. The molecule has 18 heavy (non-hydrogen) atoms. The van der Waals surface area contributed by atoms with E-state index in [1.54, 1.807) is 12.1 Å². The van der Waals surface area contributed by atoms with Crippen molar-refractivity contribution in [2.75, 3.05) is 5.32 Å². The molecule has 0 atom stereocenters. The number of carbonyl (C=O) groups is 1. The van der Waals surface area contributed by atoms with Gasteiger partial charge in [-0.2, -0.15) is 0 Å². The van der Waals surface area contributed by atoms with Crippen LogP contribution in [0.3, 0.4) is 0 Å². The van der Waals surface area contributed by atoms with Crippen LogP contribution in [0, 0.1) is 13.8 Å². The van der Waals surface area contributed by atoms with Gasteiger partial charge >= 0.3 is 0 Å². The molecular weight excluding hydrogens is 292 g/mol. The van der Waals surface area contributed by atoms with E-state index in [0.717, 1.165) is 15.7 Å². The van der Waals surface area contributed by atoms with Crippen molar-refractivity contribution in [3.63, 3.8) is 0 Å². The van der Waals surface area contributed by atoms with Gasteiger partial charge in [0.25, 0.3) is 5.91 Å². The topological polar surface area (TPSA) is 42.0 Å². The van der Waals surface area contributed by atoms with Crippen LogP contribution in [0.2, 0.25) is 0 Å². The Kier molecular flexibility index (Phi) is 3.77. The molecule has 0 saturated carbocycles. The van der Waals surface area contributed by atoms with E-state index in [2.05, 4.69) is 26.2 Å². The number of nitrogens with one attached hydrogen (secondary N) is 1. The van der Waals surface area contributed by atoms with Gasteiger partial charge in [-0.15, -0.1) is 0 Å². The van der Waals surface area contributed by atoms with Crippen LogP contribution in [0.25, 0.3) is 0 Å². The molecule has 3 nitrogen and oxygen atoms in total. The van der Waals surface area contributed by atoms with Gasteiger partial charge in [0.15, 0.2) is 0 Å². The Morgan fingerprint density at radius 1 is 1.22 bits per heavy atom. The van der Waals surface area contributed by atoms with E-state index in [-0.39, 0.29) is 5.91 Å². The van der Waals surface area contributed by atoms with Crippen molar-refractivity contribution >= 4 is 27.7 Å². The van der Waals surface area contributed by atoms with Crippen LogP contribution in [-0.2, 0) is 0 Å². The van der Waals surface area contributed by atoms with Gasteiger partial charge < -0.3 is 5.32 Å². The fourth-order valence-corrected chi connectivity index (χ4v) is 2.27. The summed E-state index contributed by atoms with van der Waals surface area (Å²) in [5, 5.41) is 2.78. The predicted octanol–water partition coefficient (Wildman–Crippen LogP) is 3.71. The molecule has 2 rings (SSSR count). The number of carbonyl (C=O) groups excluding carboxylic acids is 1. The third-order valence-electron chi connectivity index (χ3n) is 2.50. The van der Waals surface area contributed by atoms with Crippen molar-refractivity contribution in [3.8, 4) is 0 Å². The highest BCUT2D eigenvalue weighted by Gasteiger charge is 2.10. The Labute approximate surface area is 114 Å². The van der Waals surface area contributed by atoms with Crippen LogP contribution in [0.1, 0.15) is 21.6 Å². The SMILES string of the molecule is Cc1ccc(C(=O)Nc2cccc(C)n2)c(Br)c1. The first kappa shape index (κ1) is 12.8. The molecule has 1 amide bonds. The van der Waals surface area contributed by atoms with Crippen molar-refractivity contribution < 1.29 is 4.79 Å². The van der Waals surface area contributed by atoms with Gasteiger partial charge in [0.1, 0.15) is 5.82 Å². The molecule has 0 fully saturated rings. The largest absolute Gasteiger partial charge is 0.307 e. The summed E-state index contributed by atoms with van der Waals surface area (Å²) in [6, 6.07) is 11.1. The van der Waals surface area contributed by atoms with Gasteiger partial charge in [0, 0.05) is 10.2 Å². The lowest BCUT2D eigenvalue weighted by molar-refractivity contribution is 0.102. The maximum Gasteiger partial charge on any atom is 0.257 e. The summed E-state index contributed by atoms with van der Waals surface area (Å²) in [5.74, 6) is 0.396. The van der Waals surface area contributed by atoms with Crippen molar-refractivity contribution in [2.45, 2.75) is 13.8 Å². The monoisotopic (exact) mass is 304 g/mol. The molecule has 0 radical (unpaired) electrons.